The molecule has 4 N–H and O–H groups in total. The highest BCUT2D eigenvalue weighted by Crippen LogP contribution is 2.32. The summed E-state index contributed by atoms with van der Waals surface area (Å²) in [6.07, 6.45) is 5.67. The Bertz CT molecular complexity index is 1110. The topological polar surface area (TPSA) is 115 Å². The summed E-state index contributed by atoms with van der Waals surface area (Å²) in [5.41, 5.74) is 8.12. The van der Waals surface area contributed by atoms with Crippen LogP contribution in [-0.4, -0.2) is 51.4 Å². The molecule has 2 atom stereocenters. The molecule has 32 heavy (non-hydrogen) atoms. The largest absolute Gasteiger partial charge is 0.395 e. The van der Waals surface area contributed by atoms with Crippen LogP contribution in [0, 0.1) is 6.92 Å². The first-order chi connectivity index (χ1) is 15.5. The third kappa shape index (κ3) is 4.62. The van der Waals surface area contributed by atoms with Crippen LogP contribution in [0.5, 0.6) is 0 Å². The number of hydrogen-bond donors (Lipinski definition) is 3. The predicted octanol–water partition coefficient (Wildman–Crippen LogP) is 3.04. The van der Waals surface area contributed by atoms with Crippen molar-refractivity contribution in [3.8, 4) is 5.82 Å². The number of halogens is 1. The average molecular weight is 456 g/mol. The van der Waals surface area contributed by atoms with Crippen LogP contribution in [0.1, 0.15) is 45.9 Å². The highest BCUT2D eigenvalue weighted by atomic mass is 35.5. The van der Waals surface area contributed by atoms with Crippen LogP contribution in [0.4, 0.5) is 5.95 Å². The van der Waals surface area contributed by atoms with E-state index in [1.165, 1.54) is 0 Å². The molecular formula is C23H26ClN5O3. The van der Waals surface area contributed by atoms with Gasteiger partial charge in [0.15, 0.2) is 0 Å². The number of benzene rings is 1. The Kier molecular flexibility index (Phi) is 6.74. The van der Waals surface area contributed by atoms with Gasteiger partial charge in [0.2, 0.25) is 5.95 Å². The summed E-state index contributed by atoms with van der Waals surface area (Å²) in [4.78, 5) is 21.3. The van der Waals surface area contributed by atoms with Gasteiger partial charge in [0.25, 0.3) is 5.91 Å². The molecule has 0 bridgehead atoms. The number of nitrogens with two attached hydrogens (primary N) is 1. The Balaban J connectivity index is 1.75. The molecule has 1 fully saturated rings. The van der Waals surface area contributed by atoms with Gasteiger partial charge in [-0.1, -0.05) is 23.7 Å². The maximum atomic E-state index is 12.2. The molecule has 8 nitrogen and oxygen atoms in total. The third-order valence-corrected chi connectivity index (χ3v) is 5.88. The van der Waals surface area contributed by atoms with Crippen LogP contribution >= 0.6 is 11.6 Å². The molecule has 2 aromatic heterocycles. The third-order valence-electron chi connectivity index (χ3n) is 5.64. The first-order valence-electron chi connectivity index (χ1n) is 10.5. The van der Waals surface area contributed by atoms with Crippen molar-refractivity contribution < 1.29 is 14.6 Å². The monoisotopic (exact) mass is 455 g/mol. The van der Waals surface area contributed by atoms with E-state index in [0.29, 0.717) is 34.6 Å². The number of aliphatic hydroxyl groups is 1. The van der Waals surface area contributed by atoms with Crippen LogP contribution in [-0.2, 0) is 4.74 Å². The number of amides is 1. The van der Waals surface area contributed by atoms with Crippen molar-refractivity contribution in [2.75, 3.05) is 25.1 Å². The summed E-state index contributed by atoms with van der Waals surface area (Å²) in [5, 5.41) is 14.1. The Morgan fingerprint density at radius 2 is 2.28 bits per heavy atom. The van der Waals surface area contributed by atoms with Crippen LogP contribution in [0.25, 0.3) is 5.82 Å². The Labute approximate surface area is 191 Å². The fraction of sp³-hybridized carbons (Fsp3) is 0.348. The quantitative estimate of drug-likeness (QED) is 0.481. The first kappa shape index (κ1) is 22.3. The van der Waals surface area contributed by atoms with Gasteiger partial charge in [0, 0.05) is 47.7 Å². The number of nitrogens with zero attached hydrogens (tertiary/aromatic N) is 3. The van der Waals surface area contributed by atoms with Crippen molar-refractivity contribution >= 4 is 23.5 Å². The lowest BCUT2D eigenvalue weighted by Gasteiger charge is -2.21. The summed E-state index contributed by atoms with van der Waals surface area (Å²) in [6.45, 7) is 3.05. The van der Waals surface area contributed by atoms with Crippen molar-refractivity contribution in [2.24, 2.45) is 5.73 Å². The smallest absolute Gasteiger partial charge is 0.250 e. The molecule has 168 valence electrons. The molecule has 1 aliphatic rings. The summed E-state index contributed by atoms with van der Waals surface area (Å²) < 4.78 is 7.44. The lowest BCUT2D eigenvalue weighted by Crippen LogP contribution is -2.21. The van der Waals surface area contributed by atoms with Crippen LogP contribution in [0.3, 0.4) is 0 Å². The zero-order chi connectivity index (χ0) is 22.7. The van der Waals surface area contributed by atoms with E-state index >= 15 is 0 Å². The van der Waals surface area contributed by atoms with Gasteiger partial charge in [-0.3, -0.25) is 4.79 Å². The number of nitrogens with one attached hydrogen (secondary N) is 1. The van der Waals surface area contributed by atoms with Gasteiger partial charge >= 0.3 is 0 Å². The maximum absolute atomic E-state index is 12.2. The molecule has 4 rings (SSSR count). The number of anilines is 1. The standard InChI is InChI=1S/C23H26ClN5O3/c1-14-11-26-23(27-12-17-6-3-9-32-17)28-22(14)29-8-7-18(21(25)31)20(29)19(13-30)15-4-2-5-16(24)10-15/h2,4-5,7-8,10-11,17,19,30H,3,6,9,12-13H2,1H3,(H2,25,31)(H,26,27,28)/t17?,19-/m0/s1. The Morgan fingerprint density at radius 1 is 1.44 bits per heavy atom. The molecule has 0 saturated carbocycles. The lowest BCUT2D eigenvalue weighted by molar-refractivity contribution is 0.0998. The number of hydrogen-bond acceptors (Lipinski definition) is 6. The lowest BCUT2D eigenvalue weighted by atomic mass is 9.93. The minimum Gasteiger partial charge on any atom is -0.395 e. The van der Waals surface area contributed by atoms with Crippen molar-refractivity contribution in [1.82, 2.24) is 14.5 Å². The zero-order valence-corrected chi connectivity index (χ0v) is 18.5. The average Bonchev–Trinajstić information content (AvgIpc) is 3.44. The number of carbonyl (C=O) groups excluding carboxylic acids is 1. The molecule has 1 saturated heterocycles. The molecule has 1 unspecified atom stereocenters. The van der Waals surface area contributed by atoms with Gasteiger partial charge in [0.05, 0.1) is 18.3 Å². The molecule has 0 spiro atoms. The summed E-state index contributed by atoms with van der Waals surface area (Å²) >= 11 is 6.18. The minimum absolute atomic E-state index is 0.147. The fourth-order valence-electron chi connectivity index (χ4n) is 4.04. The van der Waals surface area contributed by atoms with E-state index < -0.39 is 11.8 Å². The maximum Gasteiger partial charge on any atom is 0.250 e. The van der Waals surface area contributed by atoms with Gasteiger partial charge in [-0.05, 0) is 43.5 Å². The second-order valence-electron chi connectivity index (χ2n) is 7.86. The molecular weight excluding hydrogens is 430 g/mol. The second-order valence-corrected chi connectivity index (χ2v) is 8.29. The van der Waals surface area contributed by atoms with Gasteiger partial charge in [-0.2, -0.15) is 4.98 Å². The predicted molar refractivity (Wildman–Crippen MR) is 122 cm³/mol. The van der Waals surface area contributed by atoms with E-state index in [1.807, 2.05) is 13.0 Å². The van der Waals surface area contributed by atoms with Crippen LogP contribution in [0.2, 0.25) is 5.02 Å². The number of primary amides is 1. The van der Waals surface area contributed by atoms with Crippen molar-refractivity contribution in [2.45, 2.75) is 31.8 Å². The summed E-state index contributed by atoms with van der Waals surface area (Å²) in [5.74, 6) is -0.0472. The van der Waals surface area contributed by atoms with Gasteiger partial charge in [-0.25, -0.2) is 4.98 Å². The van der Waals surface area contributed by atoms with Crippen molar-refractivity contribution in [3.05, 3.63) is 70.1 Å². The normalized spacial score (nSPS) is 16.8. The number of aromatic nitrogens is 3. The highest BCUT2D eigenvalue weighted by Gasteiger charge is 2.26. The minimum atomic E-state index is -0.581. The SMILES string of the molecule is Cc1cnc(NCC2CCCO2)nc1-n1ccc(C(N)=O)c1[C@@H](CO)c1cccc(Cl)c1. The number of aliphatic hydroxyl groups excluding tert-OH is 1. The number of carbonyl (C=O) groups is 1. The number of aryl methyl sites for hydroxylation is 1. The number of ether oxygens (including phenoxy) is 1. The van der Waals surface area contributed by atoms with E-state index in [0.717, 1.165) is 30.6 Å². The van der Waals surface area contributed by atoms with E-state index in [-0.39, 0.29) is 12.7 Å². The highest BCUT2D eigenvalue weighted by molar-refractivity contribution is 6.30. The molecule has 0 radical (unpaired) electrons. The molecule has 9 heteroatoms. The van der Waals surface area contributed by atoms with E-state index in [2.05, 4.69) is 10.3 Å². The van der Waals surface area contributed by atoms with E-state index in [4.69, 9.17) is 27.1 Å². The molecule has 0 aliphatic carbocycles. The molecule has 1 amide bonds. The summed E-state index contributed by atoms with van der Waals surface area (Å²) in [6, 6.07) is 8.84. The molecule has 1 aliphatic heterocycles. The zero-order valence-electron chi connectivity index (χ0n) is 17.8. The van der Waals surface area contributed by atoms with Crippen molar-refractivity contribution in [3.63, 3.8) is 0 Å². The van der Waals surface area contributed by atoms with Gasteiger partial charge in [0.1, 0.15) is 5.82 Å². The van der Waals surface area contributed by atoms with Crippen LogP contribution < -0.4 is 11.1 Å². The Morgan fingerprint density at radius 3 is 2.97 bits per heavy atom. The second kappa shape index (κ2) is 9.68. The number of rotatable bonds is 8. The van der Waals surface area contributed by atoms with E-state index in [1.54, 1.807) is 41.2 Å². The van der Waals surface area contributed by atoms with Crippen LogP contribution in [0.15, 0.2) is 42.7 Å². The van der Waals surface area contributed by atoms with Crippen molar-refractivity contribution in [1.29, 1.82) is 0 Å². The molecule has 3 aromatic rings. The fourth-order valence-corrected chi connectivity index (χ4v) is 4.24. The van der Waals surface area contributed by atoms with Gasteiger partial charge in [-0.15, -0.1) is 0 Å². The molecule has 1 aromatic carbocycles. The van der Waals surface area contributed by atoms with Gasteiger partial charge < -0.3 is 25.5 Å². The first-order valence-corrected chi connectivity index (χ1v) is 10.9. The molecule has 3 heterocycles. The van der Waals surface area contributed by atoms with E-state index in [9.17, 15) is 9.90 Å². The summed E-state index contributed by atoms with van der Waals surface area (Å²) in [7, 11) is 0. The Hall–Kier alpha value is -2.94.